The van der Waals surface area contributed by atoms with E-state index in [9.17, 15) is 19.1 Å². The summed E-state index contributed by atoms with van der Waals surface area (Å²) in [6.07, 6.45) is 3.06. The first-order chi connectivity index (χ1) is 14.9. The highest BCUT2D eigenvalue weighted by molar-refractivity contribution is 6.51. The number of aliphatic hydroxyl groups is 1. The van der Waals surface area contributed by atoms with E-state index in [0.29, 0.717) is 22.0 Å². The van der Waals surface area contributed by atoms with Gasteiger partial charge in [0.2, 0.25) is 0 Å². The van der Waals surface area contributed by atoms with E-state index in [-0.39, 0.29) is 16.9 Å². The Hall–Kier alpha value is -3.71. The van der Waals surface area contributed by atoms with Gasteiger partial charge in [0.1, 0.15) is 17.3 Å². The van der Waals surface area contributed by atoms with Crippen molar-refractivity contribution in [3.8, 4) is 5.75 Å². The molecule has 1 atom stereocenters. The van der Waals surface area contributed by atoms with E-state index in [1.165, 1.54) is 60.7 Å². The Morgan fingerprint density at radius 1 is 1.16 bits per heavy atom. The third-order valence-corrected chi connectivity index (χ3v) is 5.29. The Morgan fingerprint density at radius 3 is 2.55 bits per heavy atom. The molecule has 0 aliphatic carbocycles. The Morgan fingerprint density at radius 2 is 1.90 bits per heavy atom. The number of carbonyl (C=O) groups is 2. The predicted octanol–water partition coefficient (Wildman–Crippen LogP) is 4.51. The van der Waals surface area contributed by atoms with Gasteiger partial charge in [-0.25, -0.2) is 4.39 Å². The number of methoxy groups -OCH3 is 1. The zero-order chi connectivity index (χ0) is 22.1. The molecule has 1 aliphatic heterocycles. The lowest BCUT2D eigenvalue weighted by Gasteiger charge is -2.25. The molecule has 156 valence electrons. The number of anilines is 1. The molecule has 0 saturated carbocycles. The van der Waals surface area contributed by atoms with E-state index in [4.69, 9.17) is 16.3 Å². The van der Waals surface area contributed by atoms with Crippen LogP contribution in [0.3, 0.4) is 0 Å². The zero-order valence-corrected chi connectivity index (χ0v) is 17.0. The summed E-state index contributed by atoms with van der Waals surface area (Å²) in [6, 6.07) is 12.1. The summed E-state index contributed by atoms with van der Waals surface area (Å²) < 4.78 is 18.6. The molecule has 1 amide bonds. The number of ether oxygens (including phenoxy) is 1. The second-order valence-corrected chi connectivity index (χ2v) is 7.19. The number of hydrogen-bond donors (Lipinski definition) is 1. The number of carbonyl (C=O) groups excluding carboxylic acids is 2. The van der Waals surface area contributed by atoms with Gasteiger partial charge in [0, 0.05) is 23.6 Å². The number of benzene rings is 2. The molecule has 2 aromatic carbocycles. The van der Waals surface area contributed by atoms with Gasteiger partial charge in [-0.15, -0.1) is 0 Å². The number of aliphatic hydroxyl groups excluding tert-OH is 1. The van der Waals surface area contributed by atoms with E-state index in [1.54, 1.807) is 18.3 Å². The van der Waals surface area contributed by atoms with Crippen molar-refractivity contribution in [3.05, 3.63) is 94.5 Å². The topological polar surface area (TPSA) is 79.7 Å². The van der Waals surface area contributed by atoms with Crippen molar-refractivity contribution in [2.24, 2.45) is 0 Å². The van der Waals surface area contributed by atoms with E-state index in [1.807, 2.05) is 0 Å². The summed E-state index contributed by atoms with van der Waals surface area (Å²) in [5.74, 6) is -2.28. The van der Waals surface area contributed by atoms with Crippen LogP contribution in [0, 0.1) is 5.82 Å². The molecule has 2 heterocycles. The Labute approximate surface area is 182 Å². The molecule has 1 saturated heterocycles. The summed E-state index contributed by atoms with van der Waals surface area (Å²) in [5.41, 5.74) is 0.956. The standard InChI is InChI=1S/C23H16ClFN2O4/c1-31-18-11-13(4-9-17(18)24)21(28)19-20(14-3-2-10-26-12-14)27(23(30)22(19)29)16-7-5-15(25)6-8-16/h2-12,20,28H,1H3/b21-19-. The fraction of sp³-hybridized carbons (Fsp3) is 0.0870. The number of ketones is 1. The van der Waals surface area contributed by atoms with Gasteiger partial charge in [0.25, 0.3) is 11.7 Å². The second-order valence-electron chi connectivity index (χ2n) is 6.78. The minimum Gasteiger partial charge on any atom is -0.507 e. The van der Waals surface area contributed by atoms with Crippen molar-refractivity contribution >= 4 is 34.7 Å². The van der Waals surface area contributed by atoms with Crippen molar-refractivity contribution in [2.75, 3.05) is 12.0 Å². The number of rotatable bonds is 4. The van der Waals surface area contributed by atoms with Crippen molar-refractivity contribution in [1.82, 2.24) is 4.98 Å². The molecule has 0 radical (unpaired) electrons. The van der Waals surface area contributed by atoms with Crippen LogP contribution in [0.25, 0.3) is 5.76 Å². The SMILES string of the molecule is COc1cc(/C(O)=C2/C(=O)C(=O)N(c3ccc(F)cc3)C2c2cccnc2)ccc1Cl. The van der Waals surface area contributed by atoms with E-state index < -0.39 is 23.5 Å². The van der Waals surface area contributed by atoms with E-state index in [2.05, 4.69) is 4.98 Å². The molecule has 0 bridgehead atoms. The highest BCUT2D eigenvalue weighted by atomic mass is 35.5. The smallest absolute Gasteiger partial charge is 0.300 e. The molecular formula is C23H16ClFN2O4. The number of pyridine rings is 1. The highest BCUT2D eigenvalue weighted by Gasteiger charge is 2.47. The maximum absolute atomic E-state index is 13.4. The highest BCUT2D eigenvalue weighted by Crippen LogP contribution is 2.42. The Bertz CT molecular complexity index is 1200. The van der Waals surface area contributed by atoms with Gasteiger partial charge in [0.05, 0.1) is 23.7 Å². The largest absolute Gasteiger partial charge is 0.507 e. The fourth-order valence-electron chi connectivity index (χ4n) is 3.52. The van der Waals surface area contributed by atoms with Gasteiger partial charge in [-0.1, -0.05) is 17.7 Å². The number of amides is 1. The molecule has 6 nitrogen and oxygen atoms in total. The maximum atomic E-state index is 13.4. The number of hydrogen-bond acceptors (Lipinski definition) is 5. The lowest BCUT2D eigenvalue weighted by Crippen LogP contribution is -2.29. The van der Waals surface area contributed by atoms with Crippen LogP contribution in [0.1, 0.15) is 17.2 Å². The van der Waals surface area contributed by atoms with Crippen molar-refractivity contribution in [1.29, 1.82) is 0 Å². The fourth-order valence-corrected chi connectivity index (χ4v) is 3.71. The molecule has 4 rings (SSSR count). The van der Waals surface area contributed by atoms with Crippen LogP contribution in [0.15, 0.2) is 72.6 Å². The normalized spacial score (nSPS) is 17.8. The molecule has 0 spiro atoms. The minimum atomic E-state index is -0.958. The lowest BCUT2D eigenvalue weighted by atomic mass is 9.96. The molecule has 1 unspecified atom stereocenters. The first-order valence-electron chi connectivity index (χ1n) is 9.22. The van der Waals surface area contributed by atoms with Gasteiger partial charge in [-0.05, 0) is 54.1 Å². The van der Waals surface area contributed by atoms with Gasteiger partial charge >= 0.3 is 0 Å². The van der Waals surface area contributed by atoms with Crippen molar-refractivity contribution in [3.63, 3.8) is 0 Å². The lowest BCUT2D eigenvalue weighted by molar-refractivity contribution is -0.132. The molecule has 1 fully saturated rings. The molecule has 1 aromatic heterocycles. The third kappa shape index (κ3) is 3.64. The maximum Gasteiger partial charge on any atom is 0.300 e. The number of Topliss-reactive ketones (excluding diaryl/α,β-unsaturated/α-hetero) is 1. The summed E-state index contributed by atoms with van der Waals surface area (Å²) in [5, 5.41) is 11.4. The minimum absolute atomic E-state index is 0.119. The van der Waals surface area contributed by atoms with Crippen molar-refractivity contribution < 1.29 is 23.8 Å². The Balaban J connectivity index is 1.93. The molecule has 1 aliphatic rings. The molecule has 1 N–H and O–H groups in total. The number of aromatic nitrogens is 1. The second kappa shape index (κ2) is 8.20. The average molecular weight is 439 g/mol. The van der Waals surface area contributed by atoms with Crippen LogP contribution < -0.4 is 9.64 Å². The van der Waals surface area contributed by atoms with Crippen LogP contribution in [0.2, 0.25) is 5.02 Å². The van der Waals surface area contributed by atoms with Crippen LogP contribution in [-0.2, 0) is 9.59 Å². The monoisotopic (exact) mass is 438 g/mol. The van der Waals surface area contributed by atoms with Crippen LogP contribution in [0.4, 0.5) is 10.1 Å². The average Bonchev–Trinajstić information content (AvgIpc) is 3.05. The van der Waals surface area contributed by atoms with Crippen LogP contribution in [-0.4, -0.2) is 28.9 Å². The summed E-state index contributed by atoms with van der Waals surface area (Å²) in [4.78, 5) is 31.3. The molecule has 8 heteroatoms. The Kier molecular flexibility index (Phi) is 5.44. The van der Waals surface area contributed by atoms with Crippen LogP contribution >= 0.6 is 11.6 Å². The van der Waals surface area contributed by atoms with Gasteiger partial charge in [0.15, 0.2) is 0 Å². The summed E-state index contributed by atoms with van der Waals surface area (Å²) in [6.45, 7) is 0. The summed E-state index contributed by atoms with van der Waals surface area (Å²) in [7, 11) is 1.42. The first-order valence-corrected chi connectivity index (χ1v) is 9.60. The van der Waals surface area contributed by atoms with Gasteiger partial charge in [-0.3, -0.25) is 19.5 Å². The zero-order valence-electron chi connectivity index (χ0n) is 16.3. The number of nitrogens with zero attached hydrogens (tertiary/aromatic N) is 2. The molecule has 3 aromatic rings. The molecular weight excluding hydrogens is 423 g/mol. The first kappa shape index (κ1) is 20.6. The molecule has 31 heavy (non-hydrogen) atoms. The van der Waals surface area contributed by atoms with E-state index in [0.717, 1.165) is 0 Å². The quantitative estimate of drug-likeness (QED) is 0.368. The van der Waals surface area contributed by atoms with E-state index >= 15 is 0 Å². The number of halogens is 2. The van der Waals surface area contributed by atoms with Gasteiger partial charge in [-0.2, -0.15) is 0 Å². The third-order valence-electron chi connectivity index (χ3n) is 4.97. The van der Waals surface area contributed by atoms with Gasteiger partial charge < -0.3 is 9.84 Å². The van der Waals surface area contributed by atoms with Crippen molar-refractivity contribution in [2.45, 2.75) is 6.04 Å². The van der Waals surface area contributed by atoms with Crippen LogP contribution in [0.5, 0.6) is 5.75 Å². The predicted molar refractivity (Wildman–Crippen MR) is 113 cm³/mol. The summed E-state index contributed by atoms with van der Waals surface area (Å²) >= 11 is 6.06.